The van der Waals surface area contributed by atoms with E-state index >= 15 is 0 Å². The van der Waals surface area contributed by atoms with Crippen LogP contribution in [0.3, 0.4) is 0 Å². The van der Waals surface area contributed by atoms with Crippen molar-refractivity contribution in [3.63, 3.8) is 0 Å². The number of hydrogen-bond donors (Lipinski definition) is 3. The van der Waals surface area contributed by atoms with Gasteiger partial charge >= 0.3 is 0 Å². The Balaban J connectivity index is 1.10. The summed E-state index contributed by atoms with van der Waals surface area (Å²) in [4.78, 5) is 15.7. The molecule has 2 aliphatic heterocycles. The van der Waals surface area contributed by atoms with E-state index in [2.05, 4.69) is 31.4 Å². The maximum absolute atomic E-state index is 8.91. The fourth-order valence-electron chi connectivity index (χ4n) is 5.90. The molecule has 3 aromatic rings. The number of nitrogen functional groups attached to an aromatic ring is 1. The monoisotopic (exact) mass is 495 g/mol. The van der Waals surface area contributed by atoms with Crippen LogP contribution in [-0.2, 0) is 0 Å². The van der Waals surface area contributed by atoms with Gasteiger partial charge in [-0.1, -0.05) is 18.2 Å². The zero-order chi connectivity index (χ0) is 25.2. The smallest absolute Gasteiger partial charge is 0.141 e. The van der Waals surface area contributed by atoms with Crippen molar-refractivity contribution >= 4 is 23.6 Å². The number of nitrogens with one attached hydrogen (secondary N) is 2. The first kappa shape index (κ1) is 23.6. The van der Waals surface area contributed by atoms with Crippen LogP contribution in [0.2, 0.25) is 0 Å². The number of benzene rings is 2. The highest BCUT2D eigenvalue weighted by Gasteiger charge is 2.47. The molecule has 2 fully saturated rings. The molecular formula is C29H33N7O. The molecule has 6 rings (SSSR count). The summed E-state index contributed by atoms with van der Waals surface area (Å²) < 4.78 is 5.89. The van der Waals surface area contributed by atoms with E-state index in [1.165, 1.54) is 32.3 Å². The number of nitrogens with two attached hydrogens (primary N) is 1. The molecule has 1 saturated carbocycles. The number of ether oxygens (including phenoxy) is 1. The Morgan fingerprint density at radius 3 is 2.43 bits per heavy atom. The molecule has 3 aliphatic rings. The summed E-state index contributed by atoms with van der Waals surface area (Å²) in [5.41, 5.74) is 8.32. The van der Waals surface area contributed by atoms with E-state index < -0.39 is 0 Å². The number of aromatic nitrogens is 2. The SMILES string of the molecule is N=C(c1ccc(Oc2ccccc2)cc1)c1c(N)ncnc1NC1CCC2(CC1)CN(C1CC=NC1)C2. The first-order valence-electron chi connectivity index (χ1n) is 13.1. The van der Waals surface area contributed by atoms with Gasteiger partial charge in [-0.3, -0.25) is 15.3 Å². The summed E-state index contributed by atoms with van der Waals surface area (Å²) in [6.45, 7) is 3.37. The number of anilines is 2. The van der Waals surface area contributed by atoms with Crippen molar-refractivity contribution in [2.75, 3.05) is 30.7 Å². The Labute approximate surface area is 217 Å². The minimum atomic E-state index is 0.299. The quantitative estimate of drug-likeness (QED) is 0.407. The van der Waals surface area contributed by atoms with Gasteiger partial charge in [-0.05, 0) is 73.9 Å². The van der Waals surface area contributed by atoms with Crippen LogP contribution in [0.5, 0.6) is 11.5 Å². The van der Waals surface area contributed by atoms with Gasteiger partial charge in [-0.2, -0.15) is 0 Å². The number of rotatable bonds is 7. The first-order chi connectivity index (χ1) is 18.1. The lowest BCUT2D eigenvalue weighted by Gasteiger charge is -2.55. The first-order valence-corrected chi connectivity index (χ1v) is 13.1. The van der Waals surface area contributed by atoms with Crippen LogP contribution in [0.4, 0.5) is 11.6 Å². The predicted molar refractivity (Wildman–Crippen MR) is 147 cm³/mol. The molecule has 1 spiro atoms. The van der Waals surface area contributed by atoms with Crippen LogP contribution in [-0.4, -0.2) is 58.5 Å². The molecule has 1 saturated heterocycles. The van der Waals surface area contributed by atoms with Crippen molar-refractivity contribution in [3.05, 3.63) is 72.1 Å². The zero-order valence-corrected chi connectivity index (χ0v) is 20.9. The number of para-hydroxylation sites is 1. The third-order valence-corrected chi connectivity index (χ3v) is 8.05. The second kappa shape index (κ2) is 9.94. The van der Waals surface area contributed by atoms with E-state index in [4.69, 9.17) is 15.9 Å². The van der Waals surface area contributed by atoms with Gasteiger partial charge in [0.1, 0.15) is 29.5 Å². The van der Waals surface area contributed by atoms with Gasteiger partial charge < -0.3 is 15.8 Å². The number of hydrogen-bond acceptors (Lipinski definition) is 8. The minimum absolute atomic E-state index is 0.299. The van der Waals surface area contributed by atoms with Gasteiger partial charge in [0.05, 0.1) is 17.8 Å². The van der Waals surface area contributed by atoms with E-state index in [9.17, 15) is 0 Å². The van der Waals surface area contributed by atoms with Gasteiger partial charge in [0.25, 0.3) is 0 Å². The lowest BCUT2D eigenvalue weighted by atomic mass is 9.67. The molecule has 3 heterocycles. The minimum Gasteiger partial charge on any atom is -0.457 e. The normalized spacial score (nSPS) is 21.0. The standard InChI is InChI=1S/C29H33N7O/c30-26(20-6-8-24(9-7-20)37-23-4-2-1-3-5-23)25-27(31)33-19-34-28(25)35-21-10-13-29(14-11-21)17-36(18-29)22-12-15-32-16-22/h1-9,15,19,21-22,30H,10-14,16-18H2,(H3,31,33,34,35). The number of nitrogens with zero attached hydrogens (tertiary/aromatic N) is 4. The Hall–Kier alpha value is -3.78. The molecule has 190 valence electrons. The molecule has 1 aromatic heterocycles. The van der Waals surface area contributed by atoms with Crippen LogP contribution in [0.25, 0.3) is 0 Å². The van der Waals surface area contributed by atoms with Crippen molar-refractivity contribution in [3.8, 4) is 11.5 Å². The second-order valence-corrected chi connectivity index (χ2v) is 10.6. The second-order valence-electron chi connectivity index (χ2n) is 10.6. The molecule has 8 nitrogen and oxygen atoms in total. The molecule has 1 unspecified atom stereocenters. The molecule has 4 N–H and O–H groups in total. The Bertz CT molecular complexity index is 1270. The van der Waals surface area contributed by atoms with Gasteiger partial charge in [-0.25, -0.2) is 9.97 Å². The van der Waals surface area contributed by atoms with Crippen molar-refractivity contribution in [1.82, 2.24) is 14.9 Å². The summed E-state index contributed by atoms with van der Waals surface area (Å²) in [5, 5.41) is 12.5. The van der Waals surface area contributed by atoms with Gasteiger partial charge in [0.2, 0.25) is 0 Å². The van der Waals surface area contributed by atoms with Crippen LogP contribution in [0.1, 0.15) is 43.2 Å². The molecule has 1 aliphatic carbocycles. The average molecular weight is 496 g/mol. The Morgan fingerprint density at radius 2 is 1.73 bits per heavy atom. The lowest BCUT2D eigenvalue weighted by molar-refractivity contribution is -0.0509. The highest BCUT2D eigenvalue weighted by molar-refractivity contribution is 6.16. The van der Waals surface area contributed by atoms with Crippen LogP contribution in [0.15, 0.2) is 65.9 Å². The van der Waals surface area contributed by atoms with E-state index in [0.29, 0.717) is 46.2 Å². The maximum Gasteiger partial charge on any atom is 0.141 e. The summed E-state index contributed by atoms with van der Waals surface area (Å²) in [6.07, 6.45) is 9.27. The highest BCUT2D eigenvalue weighted by Crippen LogP contribution is 2.45. The van der Waals surface area contributed by atoms with Crippen molar-refractivity contribution < 1.29 is 4.74 Å². The largest absolute Gasteiger partial charge is 0.457 e. The van der Waals surface area contributed by atoms with Crippen molar-refractivity contribution in [2.24, 2.45) is 10.4 Å². The molecule has 37 heavy (non-hydrogen) atoms. The summed E-state index contributed by atoms with van der Waals surface area (Å²) in [6, 6.07) is 18.1. The third-order valence-electron chi connectivity index (χ3n) is 8.05. The number of likely N-dealkylation sites (tertiary alicyclic amines) is 1. The molecule has 0 radical (unpaired) electrons. The molecular weight excluding hydrogens is 462 g/mol. The Kier molecular flexibility index (Phi) is 6.34. The average Bonchev–Trinajstić information content (AvgIpc) is 3.44. The summed E-state index contributed by atoms with van der Waals surface area (Å²) in [7, 11) is 0. The van der Waals surface area contributed by atoms with Crippen molar-refractivity contribution in [1.29, 1.82) is 5.41 Å². The summed E-state index contributed by atoms with van der Waals surface area (Å²) in [5.74, 6) is 2.44. The van der Waals surface area contributed by atoms with E-state index in [1.54, 1.807) is 0 Å². The molecule has 1 atom stereocenters. The van der Waals surface area contributed by atoms with Gasteiger partial charge in [-0.15, -0.1) is 0 Å². The molecule has 8 heteroatoms. The Morgan fingerprint density at radius 1 is 1.00 bits per heavy atom. The zero-order valence-electron chi connectivity index (χ0n) is 20.9. The molecule has 2 aromatic carbocycles. The van der Waals surface area contributed by atoms with Gasteiger partial charge in [0.15, 0.2) is 0 Å². The molecule has 0 amide bonds. The fraction of sp³-hybridized carbons (Fsp3) is 0.379. The predicted octanol–water partition coefficient (Wildman–Crippen LogP) is 4.77. The van der Waals surface area contributed by atoms with Crippen LogP contribution < -0.4 is 15.8 Å². The van der Waals surface area contributed by atoms with Crippen LogP contribution >= 0.6 is 0 Å². The maximum atomic E-state index is 8.91. The van der Waals surface area contributed by atoms with Gasteiger partial charge in [0, 0.05) is 37.0 Å². The lowest BCUT2D eigenvalue weighted by Crippen LogP contribution is -2.61. The van der Waals surface area contributed by atoms with E-state index in [-0.39, 0.29) is 0 Å². The highest BCUT2D eigenvalue weighted by atomic mass is 16.5. The van der Waals surface area contributed by atoms with Crippen LogP contribution in [0, 0.1) is 10.8 Å². The third kappa shape index (κ3) is 4.93. The number of aliphatic imine (C=N–C) groups is 1. The summed E-state index contributed by atoms with van der Waals surface area (Å²) >= 11 is 0. The van der Waals surface area contributed by atoms with Crippen molar-refractivity contribution in [2.45, 2.75) is 44.2 Å². The van der Waals surface area contributed by atoms with E-state index in [0.717, 1.165) is 37.1 Å². The topological polar surface area (TPSA) is 113 Å². The molecule has 0 bridgehead atoms. The fourth-order valence-corrected chi connectivity index (χ4v) is 5.90. The van der Waals surface area contributed by atoms with E-state index in [1.807, 2.05) is 54.6 Å².